The lowest BCUT2D eigenvalue weighted by atomic mass is 10.1. The molecule has 1 aliphatic carbocycles. The molecule has 0 aromatic carbocycles. The molecule has 0 saturated carbocycles. The lowest BCUT2D eigenvalue weighted by Crippen LogP contribution is -1.78. The van der Waals surface area contributed by atoms with E-state index in [1.807, 2.05) is 0 Å². The van der Waals surface area contributed by atoms with Crippen molar-refractivity contribution in [3.8, 4) is 0 Å². The average Bonchev–Trinajstić information content (AvgIpc) is 2.50. The third-order valence-electron chi connectivity index (χ3n) is 2.41. The van der Waals surface area contributed by atoms with Crippen LogP contribution in [0.1, 0.15) is 52.4 Å². The molecule has 0 unspecified atom stereocenters. The van der Waals surface area contributed by atoms with Gasteiger partial charge in [-0.15, -0.1) is 0 Å². The van der Waals surface area contributed by atoms with E-state index in [0.717, 1.165) is 0 Å². The summed E-state index contributed by atoms with van der Waals surface area (Å²) in [7, 11) is 0. The van der Waals surface area contributed by atoms with Crippen LogP contribution < -0.4 is 0 Å². The third-order valence-corrected chi connectivity index (χ3v) is 2.41. The Morgan fingerprint density at radius 2 is 2.00 bits per heavy atom. The minimum absolute atomic E-state index is 1.23. The Balaban J connectivity index is 2.28. The molecule has 0 N–H and O–H groups in total. The van der Waals surface area contributed by atoms with Crippen LogP contribution in [0.25, 0.3) is 0 Å². The van der Waals surface area contributed by atoms with Crippen LogP contribution in [0.2, 0.25) is 0 Å². The molecule has 0 aromatic heterocycles. The van der Waals surface area contributed by atoms with E-state index in [9.17, 15) is 0 Å². The fourth-order valence-electron chi connectivity index (χ4n) is 1.68. The Morgan fingerprint density at radius 3 is 2.67 bits per heavy atom. The van der Waals surface area contributed by atoms with Crippen molar-refractivity contribution in [3.05, 3.63) is 23.3 Å². The quantitative estimate of drug-likeness (QED) is 0.570. The van der Waals surface area contributed by atoms with E-state index in [0.29, 0.717) is 0 Å². The maximum Gasteiger partial charge on any atom is -0.0130 e. The summed E-state index contributed by atoms with van der Waals surface area (Å²) in [6.07, 6.45) is 12.6. The van der Waals surface area contributed by atoms with Gasteiger partial charge in [0.1, 0.15) is 0 Å². The highest BCUT2D eigenvalue weighted by Gasteiger charge is 2.04. The van der Waals surface area contributed by atoms with Crippen LogP contribution in [0.15, 0.2) is 23.3 Å². The second kappa shape index (κ2) is 5.18. The molecule has 0 spiro atoms. The molecule has 0 bridgehead atoms. The van der Waals surface area contributed by atoms with E-state index >= 15 is 0 Å². The van der Waals surface area contributed by atoms with Crippen molar-refractivity contribution in [1.82, 2.24) is 0 Å². The smallest absolute Gasteiger partial charge is 0.0130 e. The van der Waals surface area contributed by atoms with E-state index in [1.165, 1.54) is 38.5 Å². The predicted octanol–water partition coefficient (Wildman–Crippen LogP) is 4.23. The van der Waals surface area contributed by atoms with Gasteiger partial charge in [-0.25, -0.2) is 0 Å². The lowest BCUT2D eigenvalue weighted by Gasteiger charge is -1.97. The zero-order chi connectivity index (χ0) is 8.81. The van der Waals surface area contributed by atoms with Crippen molar-refractivity contribution in [2.45, 2.75) is 52.4 Å². The van der Waals surface area contributed by atoms with Gasteiger partial charge in [0, 0.05) is 0 Å². The zero-order valence-corrected chi connectivity index (χ0v) is 8.40. The summed E-state index contributed by atoms with van der Waals surface area (Å²) in [5, 5.41) is 0. The molecule has 0 amide bonds. The number of unbranched alkanes of at least 4 members (excludes halogenated alkanes) is 1. The summed E-state index contributed by atoms with van der Waals surface area (Å²) in [5.74, 6) is 0. The minimum Gasteiger partial charge on any atom is -0.0772 e. The third kappa shape index (κ3) is 2.84. The predicted molar refractivity (Wildman–Crippen MR) is 55.2 cm³/mol. The lowest BCUT2D eigenvalue weighted by molar-refractivity contribution is 0.779. The van der Waals surface area contributed by atoms with Crippen molar-refractivity contribution in [3.63, 3.8) is 0 Å². The van der Waals surface area contributed by atoms with Crippen LogP contribution in [0.4, 0.5) is 0 Å². The Kier molecular flexibility index (Phi) is 4.13. The van der Waals surface area contributed by atoms with Gasteiger partial charge in [0.2, 0.25) is 0 Å². The van der Waals surface area contributed by atoms with Crippen molar-refractivity contribution in [2.24, 2.45) is 0 Å². The number of allylic oxidation sites excluding steroid dienone is 4. The second-order valence-corrected chi connectivity index (χ2v) is 3.64. The highest BCUT2D eigenvalue weighted by atomic mass is 14.1. The van der Waals surface area contributed by atoms with Gasteiger partial charge in [-0.1, -0.05) is 50.0 Å². The maximum atomic E-state index is 2.42. The first kappa shape index (κ1) is 9.57. The van der Waals surface area contributed by atoms with Crippen molar-refractivity contribution >= 4 is 0 Å². The summed E-state index contributed by atoms with van der Waals surface area (Å²) >= 11 is 0. The summed E-state index contributed by atoms with van der Waals surface area (Å²) in [5.41, 5.74) is 3.23. The molecule has 1 rings (SSSR count). The van der Waals surface area contributed by atoms with Crippen LogP contribution >= 0.6 is 0 Å². The van der Waals surface area contributed by atoms with Crippen LogP contribution in [-0.4, -0.2) is 0 Å². The monoisotopic (exact) mass is 164 g/mol. The molecule has 0 aliphatic heterocycles. The Bertz CT molecular complexity index is 184. The largest absolute Gasteiger partial charge is 0.0772 e. The van der Waals surface area contributed by atoms with Crippen LogP contribution in [-0.2, 0) is 0 Å². The summed E-state index contributed by atoms with van der Waals surface area (Å²) in [6.45, 7) is 4.51. The highest BCUT2D eigenvalue weighted by molar-refractivity contribution is 5.32. The van der Waals surface area contributed by atoms with E-state index in [4.69, 9.17) is 0 Å². The summed E-state index contributed by atoms with van der Waals surface area (Å²) < 4.78 is 0. The van der Waals surface area contributed by atoms with Gasteiger partial charge in [-0.3, -0.25) is 0 Å². The molecule has 12 heavy (non-hydrogen) atoms. The molecule has 0 heterocycles. The molecule has 0 nitrogen and oxygen atoms in total. The van der Waals surface area contributed by atoms with E-state index in [1.54, 1.807) is 11.1 Å². The summed E-state index contributed by atoms with van der Waals surface area (Å²) in [6, 6.07) is 0. The molecule has 0 saturated heterocycles. The number of rotatable bonds is 5. The van der Waals surface area contributed by atoms with Crippen LogP contribution in [0, 0.1) is 0 Å². The molecule has 0 radical (unpaired) electrons. The normalized spacial score (nSPS) is 16.2. The number of hydrogen-bond donors (Lipinski definition) is 0. The van der Waals surface area contributed by atoms with Gasteiger partial charge < -0.3 is 0 Å². The topological polar surface area (TPSA) is 0 Å². The summed E-state index contributed by atoms with van der Waals surface area (Å²) in [4.78, 5) is 0. The first-order valence-electron chi connectivity index (χ1n) is 5.25. The standard InChI is InChI=1S/C12H20/c1-3-5-7-12-9-8-11(10-12)6-4-2/h8,10H,3-7,9H2,1-2H3. The first-order valence-corrected chi connectivity index (χ1v) is 5.25. The molecular weight excluding hydrogens is 144 g/mol. The van der Waals surface area contributed by atoms with Crippen LogP contribution in [0.3, 0.4) is 0 Å². The van der Waals surface area contributed by atoms with E-state index in [-0.39, 0.29) is 0 Å². The van der Waals surface area contributed by atoms with E-state index in [2.05, 4.69) is 26.0 Å². The van der Waals surface area contributed by atoms with Gasteiger partial charge in [0.25, 0.3) is 0 Å². The van der Waals surface area contributed by atoms with Crippen molar-refractivity contribution in [2.75, 3.05) is 0 Å². The molecule has 0 fully saturated rings. The Morgan fingerprint density at radius 1 is 1.17 bits per heavy atom. The van der Waals surface area contributed by atoms with Gasteiger partial charge in [-0.2, -0.15) is 0 Å². The van der Waals surface area contributed by atoms with Crippen molar-refractivity contribution < 1.29 is 0 Å². The SMILES string of the molecule is CCCCC1=CC(CCC)=CC1. The molecule has 0 atom stereocenters. The molecular formula is C12H20. The van der Waals surface area contributed by atoms with Gasteiger partial charge >= 0.3 is 0 Å². The Labute approximate surface area is 76.4 Å². The minimum atomic E-state index is 1.23. The van der Waals surface area contributed by atoms with Gasteiger partial charge in [0.15, 0.2) is 0 Å². The molecule has 68 valence electrons. The van der Waals surface area contributed by atoms with Gasteiger partial charge in [-0.05, 0) is 25.7 Å². The Hall–Kier alpha value is -0.520. The fourth-order valence-corrected chi connectivity index (χ4v) is 1.68. The number of hydrogen-bond acceptors (Lipinski definition) is 0. The highest BCUT2D eigenvalue weighted by Crippen LogP contribution is 2.24. The van der Waals surface area contributed by atoms with Crippen LogP contribution in [0.5, 0.6) is 0 Å². The zero-order valence-electron chi connectivity index (χ0n) is 8.40. The molecule has 0 aromatic rings. The maximum absolute atomic E-state index is 2.42. The molecule has 1 aliphatic rings. The van der Waals surface area contributed by atoms with Gasteiger partial charge in [0.05, 0.1) is 0 Å². The average molecular weight is 164 g/mol. The fraction of sp³-hybridized carbons (Fsp3) is 0.667. The molecule has 0 heteroatoms. The second-order valence-electron chi connectivity index (χ2n) is 3.64. The first-order chi connectivity index (χ1) is 5.86. The van der Waals surface area contributed by atoms with E-state index < -0.39 is 0 Å². The van der Waals surface area contributed by atoms with Crippen molar-refractivity contribution in [1.29, 1.82) is 0 Å².